The fraction of sp³-hybridized carbons (Fsp3) is 0.286. The average molecular weight is 360 g/mol. The van der Waals surface area contributed by atoms with Crippen LogP contribution in [0.3, 0.4) is 0 Å². The number of rotatable bonds is 6. The lowest BCUT2D eigenvalue weighted by atomic mass is 10.2. The summed E-state index contributed by atoms with van der Waals surface area (Å²) in [6.45, 7) is 5.14. The van der Waals surface area contributed by atoms with Crippen LogP contribution in [0.25, 0.3) is 0 Å². The Bertz CT molecular complexity index is 859. The van der Waals surface area contributed by atoms with Gasteiger partial charge in [-0.1, -0.05) is 18.2 Å². The summed E-state index contributed by atoms with van der Waals surface area (Å²) in [5, 5.41) is 11.7. The van der Waals surface area contributed by atoms with E-state index < -0.39 is 0 Å². The third-order valence-corrected chi connectivity index (χ3v) is 4.78. The summed E-state index contributed by atoms with van der Waals surface area (Å²) >= 11 is 0. The Morgan fingerprint density at radius 1 is 1.00 bits per heavy atom. The molecule has 4 rings (SSSR count). The monoisotopic (exact) mass is 360 g/mol. The summed E-state index contributed by atoms with van der Waals surface area (Å²) in [7, 11) is 0. The van der Waals surface area contributed by atoms with E-state index in [1.165, 1.54) is 18.5 Å². The lowest BCUT2D eigenvalue weighted by Gasteiger charge is -2.20. The molecule has 2 aromatic carbocycles. The van der Waals surface area contributed by atoms with E-state index in [9.17, 15) is 0 Å². The molecule has 6 heteroatoms. The standard InChI is InChI=1S/C21H24N6/c1-2-27(19-8-4-3-5-9-19)21-24-20(16-22-25-21)23-17-10-12-18(13-11-17)26-14-6-7-15-26/h3-5,8-13,16H,2,6-7,14-15H2,1H3,(H,23,24,25). The summed E-state index contributed by atoms with van der Waals surface area (Å²) < 4.78 is 0. The first kappa shape index (κ1) is 17.3. The van der Waals surface area contributed by atoms with Crippen molar-refractivity contribution in [3.8, 4) is 0 Å². The molecule has 0 spiro atoms. The number of para-hydroxylation sites is 1. The Balaban J connectivity index is 1.50. The zero-order valence-corrected chi connectivity index (χ0v) is 15.5. The maximum absolute atomic E-state index is 4.65. The maximum atomic E-state index is 4.65. The fourth-order valence-corrected chi connectivity index (χ4v) is 3.39. The van der Waals surface area contributed by atoms with Crippen LogP contribution in [0.2, 0.25) is 0 Å². The third kappa shape index (κ3) is 4.00. The molecule has 6 nitrogen and oxygen atoms in total. The Labute approximate surface area is 159 Å². The van der Waals surface area contributed by atoms with E-state index in [1.807, 2.05) is 35.2 Å². The topological polar surface area (TPSA) is 57.2 Å². The first-order valence-corrected chi connectivity index (χ1v) is 9.48. The molecule has 3 aromatic rings. The van der Waals surface area contributed by atoms with Crippen molar-refractivity contribution in [3.63, 3.8) is 0 Å². The second kappa shape index (κ2) is 8.03. The van der Waals surface area contributed by atoms with Gasteiger partial charge in [0.25, 0.3) is 5.95 Å². The van der Waals surface area contributed by atoms with Gasteiger partial charge in [-0.25, -0.2) is 0 Å². The average Bonchev–Trinajstić information content (AvgIpc) is 3.25. The summed E-state index contributed by atoms with van der Waals surface area (Å²) in [5.74, 6) is 1.27. The van der Waals surface area contributed by atoms with Crippen LogP contribution in [-0.2, 0) is 0 Å². The van der Waals surface area contributed by atoms with Crippen molar-refractivity contribution < 1.29 is 0 Å². The van der Waals surface area contributed by atoms with E-state index in [0.29, 0.717) is 11.8 Å². The summed E-state index contributed by atoms with van der Waals surface area (Å²) in [6, 6.07) is 18.6. The molecule has 1 aliphatic rings. The van der Waals surface area contributed by atoms with E-state index in [2.05, 4.69) is 56.6 Å². The van der Waals surface area contributed by atoms with E-state index in [0.717, 1.165) is 31.0 Å². The number of hydrogen-bond acceptors (Lipinski definition) is 6. The molecule has 0 saturated carbocycles. The zero-order valence-electron chi connectivity index (χ0n) is 15.5. The van der Waals surface area contributed by atoms with Gasteiger partial charge in [-0.05, 0) is 56.2 Å². The summed E-state index contributed by atoms with van der Waals surface area (Å²) in [5.41, 5.74) is 3.32. The minimum atomic E-state index is 0.586. The van der Waals surface area contributed by atoms with Crippen LogP contribution < -0.4 is 15.1 Å². The number of aromatic nitrogens is 3. The van der Waals surface area contributed by atoms with Gasteiger partial charge in [0.1, 0.15) is 0 Å². The van der Waals surface area contributed by atoms with Gasteiger partial charge in [-0.2, -0.15) is 10.1 Å². The Morgan fingerprint density at radius 3 is 2.44 bits per heavy atom. The molecule has 0 atom stereocenters. The maximum Gasteiger partial charge on any atom is 0.251 e. The second-order valence-electron chi connectivity index (χ2n) is 6.59. The second-order valence-corrected chi connectivity index (χ2v) is 6.59. The quantitative estimate of drug-likeness (QED) is 0.704. The minimum Gasteiger partial charge on any atom is -0.372 e. The largest absolute Gasteiger partial charge is 0.372 e. The van der Waals surface area contributed by atoms with Gasteiger partial charge in [0.15, 0.2) is 5.82 Å². The predicted octanol–water partition coefficient (Wildman–Crippen LogP) is 4.37. The molecule has 1 aromatic heterocycles. The molecular weight excluding hydrogens is 336 g/mol. The lowest BCUT2D eigenvalue weighted by molar-refractivity contribution is 0.887. The van der Waals surface area contributed by atoms with Gasteiger partial charge in [0.2, 0.25) is 0 Å². The van der Waals surface area contributed by atoms with E-state index in [1.54, 1.807) is 6.20 Å². The summed E-state index contributed by atoms with van der Waals surface area (Å²) in [4.78, 5) is 9.11. The van der Waals surface area contributed by atoms with Crippen molar-refractivity contribution in [1.82, 2.24) is 15.2 Å². The summed E-state index contributed by atoms with van der Waals surface area (Å²) in [6.07, 6.45) is 4.21. The highest BCUT2D eigenvalue weighted by Crippen LogP contribution is 2.25. The van der Waals surface area contributed by atoms with Crippen LogP contribution >= 0.6 is 0 Å². The molecule has 0 amide bonds. The molecule has 1 N–H and O–H groups in total. The van der Waals surface area contributed by atoms with Gasteiger partial charge < -0.3 is 15.1 Å². The molecule has 2 heterocycles. The minimum absolute atomic E-state index is 0.586. The molecular formula is C21H24N6. The number of nitrogens with zero attached hydrogens (tertiary/aromatic N) is 5. The molecule has 0 bridgehead atoms. The molecule has 0 aliphatic carbocycles. The molecule has 0 unspecified atom stereocenters. The lowest BCUT2D eigenvalue weighted by Crippen LogP contribution is -2.19. The van der Waals surface area contributed by atoms with Crippen LogP contribution in [0.4, 0.5) is 28.8 Å². The number of benzene rings is 2. The first-order chi connectivity index (χ1) is 13.3. The van der Waals surface area contributed by atoms with Crippen LogP contribution in [0.5, 0.6) is 0 Å². The Kier molecular flexibility index (Phi) is 5.14. The molecule has 0 radical (unpaired) electrons. The van der Waals surface area contributed by atoms with E-state index in [-0.39, 0.29) is 0 Å². The van der Waals surface area contributed by atoms with E-state index >= 15 is 0 Å². The fourth-order valence-electron chi connectivity index (χ4n) is 3.39. The van der Waals surface area contributed by atoms with Crippen LogP contribution in [0, 0.1) is 0 Å². The number of hydrogen-bond donors (Lipinski definition) is 1. The van der Waals surface area contributed by atoms with Gasteiger partial charge >= 0.3 is 0 Å². The van der Waals surface area contributed by atoms with Gasteiger partial charge in [-0.15, -0.1) is 5.10 Å². The van der Waals surface area contributed by atoms with Gasteiger partial charge in [0, 0.05) is 36.7 Å². The first-order valence-electron chi connectivity index (χ1n) is 9.48. The van der Waals surface area contributed by atoms with Crippen molar-refractivity contribution in [3.05, 3.63) is 60.8 Å². The number of nitrogens with one attached hydrogen (secondary N) is 1. The zero-order chi connectivity index (χ0) is 18.5. The van der Waals surface area contributed by atoms with Crippen molar-refractivity contribution in [2.75, 3.05) is 34.8 Å². The molecule has 27 heavy (non-hydrogen) atoms. The van der Waals surface area contributed by atoms with Crippen LogP contribution in [0.1, 0.15) is 19.8 Å². The Morgan fingerprint density at radius 2 is 1.74 bits per heavy atom. The Hall–Kier alpha value is -3.15. The van der Waals surface area contributed by atoms with Gasteiger partial charge in [-0.3, -0.25) is 0 Å². The predicted molar refractivity (Wildman–Crippen MR) is 110 cm³/mol. The molecule has 1 aliphatic heterocycles. The highest BCUT2D eigenvalue weighted by atomic mass is 15.3. The molecule has 1 saturated heterocycles. The highest BCUT2D eigenvalue weighted by molar-refractivity contribution is 5.62. The highest BCUT2D eigenvalue weighted by Gasteiger charge is 2.13. The third-order valence-electron chi connectivity index (χ3n) is 4.78. The SMILES string of the molecule is CCN(c1ccccc1)c1nncc(Nc2ccc(N3CCCC3)cc2)n1. The number of anilines is 5. The molecule has 1 fully saturated rings. The van der Waals surface area contributed by atoms with Gasteiger partial charge in [0.05, 0.1) is 6.20 Å². The van der Waals surface area contributed by atoms with Crippen LogP contribution in [-0.4, -0.2) is 34.8 Å². The van der Waals surface area contributed by atoms with Crippen molar-refractivity contribution >= 4 is 28.8 Å². The van der Waals surface area contributed by atoms with Crippen molar-refractivity contribution in [2.45, 2.75) is 19.8 Å². The molecule has 138 valence electrons. The van der Waals surface area contributed by atoms with Crippen molar-refractivity contribution in [1.29, 1.82) is 0 Å². The van der Waals surface area contributed by atoms with Crippen LogP contribution in [0.15, 0.2) is 60.8 Å². The van der Waals surface area contributed by atoms with E-state index in [4.69, 9.17) is 0 Å². The smallest absolute Gasteiger partial charge is 0.251 e. The normalized spacial score (nSPS) is 13.6. The van der Waals surface area contributed by atoms with Crippen molar-refractivity contribution in [2.24, 2.45) is 0 Å².